The van der Waals surface area contributed by atoms with Gasteiger partial charge in [0.2, 0.25) is 0 Å². The minimum Gasteiger partial charge on any atom is -0.481 e. The molecular formula is C15H21NO2. The molecule has 3 nitrogen and oxygen atoms in total. The molecular weight excluding hydrogens is 226 g/mol. The van der Waals surface area contributed by atoms with Gasteiger partial charge in [-0.05, 0) is 42.9 Å². The molecule has 1 heterocycles. The molecule has 1 unspecified atom stereocenters. The van der Waals surface area contributed by atoms with Crippen molar-refractivity contribution < 1.29 is 9.90 Å². The standard InChI is InChI=1S/C15H21NO2/c1-11-5-4-6-13(12(11)2)16-8-7-15(3,10-16)9-14(17)18/h4-6H,7-10H2,1-3H3,(H,17,18). The summed E-state index contributed by atoms with van der Waals surface area (Å²) >= 11 is 0. The van der Waals surface area contributed by atoms with Gasteiger partial charge in [0.05, 0.1) is 6.42 Å². The molecule has 1 N–H and O–H groups in total. The first-order valence-electron chi connectivity index (χ1n) is 6.44. The fraction of sp³-hybridized carbons (Fsp3) is 0.533. The fourth-order valence-corrected chi connectivity index (χ4v) is 2.82. The van der Waals surface area contributed by atoms with Crippen LogP contribution in [0.5, 0.6) is 0 Å². The second-order valence-corrected chi connectivity index (χ2v) is 5.77. The van der Waals surface area contributed by atoms with Gasteiger partial charge in [-0.2, -0.15) is 0 Å². The van der Waals surface area contributed by atoms with Crippen molar-refractivity contribution in [1.29, 1.82) is 0 Å². The van der Waals surface area contributed by atoms with Crippen LogP contribution in [-0.2, 0) is 4.79 Å². The van der Waals surface area contributed by atoms with Crippen LogP contribution < -0.4 is 4.90 Å². The predicted molar refractivity (Wildman–Crippen MR) is 73.1 cm³/mol. The third kappa shape index (κ3) is 2.50. The van der Waals surface area contributed by atoms with Crippen molar-refractivity contribution in [2.75, 3.05) is 18.0 Å². The maximum atomic E-state index is 10.9. The van der Waals surface area contributed by atoms with E-state index in [9.17, 15) is 4.79 Å². The zero-order valence-electron chi connectivity index (χ0n) is 11.4. The summed E-state index contributed by atoms with van der Waals surface area (Å²) < 4.78 is 0. The quantitative estimate of drug-likeness (QED) is 0.892. The molecule has 3 heteroatoms. The average molecular weight is 247 g/mol. The van der Waals surface area contributed by atoms with Gasteiger partial charge in [0.15, 0.2) is 0 Å². The first-order chi connectivity index (χ1) is 8.41. The number of anilines is 1. The normalized spacial score (nSPS) is 23.4. The van der Waals surface area contributed by atoms with Crippen LogP contribution in [0, 0.1) is 19.3 Å². The highest BCUT2D eigenvalue weighted by molar-refractivity contribution is 5.68. The van der Waals surface area contributed by atoms with Gasteiger partial charge in [0.25, 0.3) is 0 Å². The van der Waals surface area contributed by atoms with E-state index < -0.39 is 5.97 Å². The van der Waals surface area contributed by atoms with E-state index in [2.05, 4.69) is 43.9 Å². The lowest BCUT2D eigenvalue weighted by atomic mass is 9.86. The van der Waals surface area contributed by atoms with Gasteiger partial charge in [-0.15, -0.1) is 0 Å². The van der Waals surface area contributed by atoms with E-state index >= 15 is 0 Å². The first-order valence-corrected chi connectivity index (χ1v) is 6.44. The lowest BCUT2D eigenvalue weighted by molar-refractivity contribution is -0.139. The van der Waals surface area contributed by atoms with E-state index in [-0.39, 0.29) is 11.8 Å². The fourth-order valence-electron chi connectivity index (χ4n) is 2.82. The van der Waals surface area contributed by atoms with E-state index in [0.717, 1.165) is 19.5 Å². The van der Waals surface area contributed by atoms with Gasteiger partial charge >= 0.3 is 5.97 Å². The van der Waals surface area contributed by atoms with Crippen molar-refractivity contribution in [2.45, 2.75) is 33.6 Å². The van der Waals surface area contributed by atoms with E-state index in [0.29, 0.717) is 0 Å². The summed E-state index contributed by atoms with van der Waals surface area (Å²) in [7, 11) is 0. The molecule has 98 valence electrons. The second kappa shape index (κ2) is 4.63. The monoisotopic (exact) mass is 247 g/mol. The number of rotatable bonds is 3. The van der Waals surface area contributed by atoms with Gasteiger partial charge < -0.3 is 10.0 Å². The first kappa shape index (κ1) is 12.9. The molecule has 2 rings (SSSR count). The Morgan fingerprint density at radius 1 is 1.44 bits per heavy atom. The zero-order valence-corrected chi connectivity index (χ0v) is 11.4. The lowest BCUT2D eigenvalue weighted by Gasteiger charge is -2.25. The molecule has 1 aromatic carbocycles. The Bertz CT molecular complexity index is 470. The summed E-state index contributed by atoms with van der Waals surface area (Å²) in [6.07, 6.45) is 1.21. The van der Waals surface area contributed by atoms with Crippen molar-refractivity contribution in [3.05, 3.63) is 29.3 Å². The lowest BCUT2D eigenvalue weighted by Crippen LogP contribution is -2.27. The molecule has 1 aliphatic rings. The molecule has 1 aromatic rings. The molecule has 1 aliphatic heterocycles. The van der Waals surface area contributed by atoms with Crippen molar-refractivity contribution in [1.82, 2.24) is 0 Å². The molecule has 0 amide bonds. The number of carboxylic acid groups (broad SMARTS) is 1. The van der Waals surface area contributed by atoms with E-state index in [1.807, 2.05) is 0 Å². The molecule has 0 aliphatic carbocycles. The van der Waals surface area contributed by atoms with Crippen molar-refractivity contribution >= 4 is 11.7 Å². The summed E-state index contributed by atoms with van der Waals surface area (Å²) in [4.78, 5) is 13.2. The number of aliphatic carboxylic acids is 1. The van der Waals surface area contributed by atoms with Crippen LogP contribution >= 0.6 is 0 Å². The van der Waals surface area contributed by atoms with Crippen molar-refractivity contribution in [3.8, 4) is 0 Å². The van der Waals surface area contributed by atoms with Crippen LogP contribution in [0.15, 0.2) is 18.2 Å². The van der Waals surface area contributed by atoms with Crippen LogP contribution in [0.1, 0.15) is 30.9 Å². The highest BCUT2D eigenvalue weighted by atomic mass is 16.4. The van der Waals surface area contributed by atoms with E-state index in [1.165, 1.54) is 16.8 Å². The maximum Gasteiger partial charge on any atom is 0.303 e. The molecule has 0 bridgehead atoms. The Morgan fingerprint density at radius 2 is 2.17 bits per heavy atom. The van der Waals surface area contributed by atoms with Crippen LogP contribution in [-0.4, -0.2) is 24.2 Å². The Hall–Kier alpha value is -1.51. The molecule has 1 saturated heterocycles. The number of hydrogen-bond donors (Lipinski definition) is 1. The Labute approximate surface area is 108 Å². The number of aryl methyl sites for hydroxylation is 1. The molecule has 0 spiro atoms. The molecule has 0 saturated carbocycles. The van der Waals surface area contributed by atoms with Gasteiger partial charge in [-0.25, -0.2) is 0 Å². The van der Waals surface area contributed by atoms with E-state index in [4.69, 9.17) is 5.11 Å². The summed E-state index contributed by atoms with van der Waals surface area (Å²) in [5.41, 5.74) is 3.75. The summed E-state index contributed by atoms with van der Waals surface area (Å²) in [5.74, 6) is -0.694. The number of carboxylic acids is 1. The largest absolute Gasteiger partial charge is 0.481 e. The average Bonchev–Trinajstić information content (AvgIpc) is 2.63. The summed E-state index contributed by atoms with van der Waals surface area (Å²) in [6, 6.07) is 6.32. The van der Waals surface area contributed by atoms with Gasteiger partial charge in [-0.3, -0.25) is 4.79 Å². The van der Waals surface area contributed by atoms with Gasteiger partial charge in [0.1, 0.15) is 0 Å². The number of nitrogens with zero attached hydrogens (tertiary/aromatic N) is 1. The predicted octanol–water partition coefficient (Wildman–Crippen LogP) is 2.99. The van der Waals surface area contributed by atoms with Crippen LogP contribution in [0.3, 0.4) is 0 Å². The highest BCUT2D eigenvalue weighted by Gasteiger charge is 2.36. The molecule has 0 aromatic heterocycles. The second-order valence-electron chi connectivity index (χ2n) is 5.77. The highest BCUT2D eigenvalue weighted by Crippen LogP contribution is 2.37. The number of carbonyl (C=O) groups is 1. The van der Waals surface area contributed by atoms with Crippen LogP contribution in [0.25, 0.3) is 0 Å². The minimum absolute atomic E-state index is 0.0952. The number of hydrogen-bond acceptors (Lipinski definition) is 2. The van der Waals surface area contributed by atoms with Gasteiger partial charge in [0, 0.05) is 18.8 Å². The zero-order chi connectivity index (χ0) is 13.3. The van der Waals surface area contributed by atoms with Crippen molar-refractivity contribution in [2.24, 2.45) is 5.41 Å². The van der Waals surface area contributed by atoms with Crippen LogP contribution in [0.2, 0.25) is 0 Å². The SMILES string of the molecule is Cc1cccc(N2CCC(C)(CC(=O)O)C2)c1C. The smallest absolute Gasteiger partial charge is 0.303 e. The third-order valence-corrected chi connectivity index (χ3v) is 4.05. The molecule has 1 atom stereocenters. The van der Waals surface area contributed by atoms with Gasteiger partial charge in [-0.1, -0.05) is 19.1 Å². The molecule has 18 heavy (non-hydrogen) atoms. The Balaban J connectivity index is 2.18. The number of benzene rings is 1. The Morgan fingerprint density at radius 3 is 2.83 bits per heavy atom. The topological polar surface area (TPSA) is 40.5 Å². The minimum atomic E-state index is -0.694. The molecule has 0 radical (unpaired) electrons. The Kier molecular flexibility index (Phi) is 3.33. The third-order valence-electron chi connectivity index (χ3n) is 4.05. The maximum absolute atomic E-state index is 10.9. The summed E-state index contributed by atoms with van der Waals surface area (Å²) in [6.45, 7) is 8.12. The van der Waals surface area contributed by atoms with Crippen LogP contribution in [0.4, 0.5) is 5.69 Å². The van der Waals surface area contributed by atoms with Crippen molar-refractivity contribution in [3.63, 3.8) is 0 Å². The summed E-state index contributed by atoms with van der Waals surface area (Å²) in [5, 5.41) is 8.98. The molecule has 1 fully saturated rings. The van der Waals surface area contributed by atoms with E-state index in [1.54, 1.807) is 0 Å².